The van der Waals surface area contributed by atoms with Crippen LogP contribution in [0.4, 0.5) is 0 Å². The van der Waals surface area contributed by atoms with Gasteiger partial charge in [0.1, 0.15) is 11.9 Å². The Morgan fingerprint density at radius 2 is 1.21 bits per heavy atom. The van der Waals surface area contributed by atoms with Crippen LogP contribution in [0.15, 0.2) is 115 Å². The largest absolute Gasteiger partial charge is 0.308 e. The average molecular weight is 534 g/mol. The minimum Gasteiger partial charge on any atom is -0.308 e. The Morgan fingerprint density at radius 3 is 2.05 bits per heavy atom. The van der Waals surface area contributed by atoms with Gasteiger partial charge in [-0.3, -0.25) is 4.57 Å². The van der Waals surface area contributed by atoms with E-state index in [0.717, 1.165) is 21.9 Å². The Morgan fingerprint density at radius 1 is 0.524 bits per heavy atom. The lowest BCUT2D eigenvalue weighted by molar-refractivity contribution is 1.05. The first-order chi connectivity index (χ1) is 20.8. The lowest BCUT2D eigenvalue weighted by atomic mass is 9.99. The van der Waals surface area contributed by atoms with Crippen molar-refractivity contribution in [1.82, 2.24) is 18.9 Å². The monoisotopic (exact) mass is 533 g/mol. The van der Waals surface area contributed by atoms with E-state index in [4.69, 9.17) is 4.98 Å². The molecular weight excluding hydrogens is 514 g/mol. The average Bonchev–Trinajstić information content (AvgIpc) is 3.68. The SMILES string of the molecule is N#Cc1nc(-n2c3ccc4ccccc4c3c3c4c5ccccc5n5c6ccccc6c(cc32)c45)c2ccccc2n1. The molecule has 0 saturated carbocycles. The molecule has 4 heterocycles. The van der Waals surface area contributed by atoms with E-state index in [2.05, 4.69) is 111 Å². The maximum absolute atomic E-state index is 9.93. The molecule has 0 radical (unpaired) electrons. The summed E-state index contributed by atoms with van der Waals surface area (Å²) in [5.74, 6) is 0.876. The van der Waals surface area contributed by atoms with Crippen LogP contribution in [0.3, 0.4) is 0 Å². The fourth-order valence-electron chi connectivity index (χ4n) is 7.28. The van der Waals surface area contributed by atoms with Crippen LogP contribution in [0.2, 0.25) is 0 Å². The normalized spacial score (nSPS) is 12.3. The van der Waals surface area contributed by atoms with E-state index < -0.39 is 0 Å². The van der Waals surface area contributed by atoms with Crippen molar-refractivity contribution in [3.8, 4) is 11.9 Å². The molecule has 0 aliphatic carbocycles. The van der Waals surface area contributed by atoms with Crippen molar-refractivity contribution in [2.45, 2.75) is 0 Å². The zero-order valence-corrected chi connectivity index (χ0v) is 22.2. The first-order valence-corrected chi connectivity index (χ1v) is 14.0. The van der Waals surface area contributed by atoms with Crippen LogP contribution >= 0.6 is 0 Å². The minimum atomic E-state index is 0.159. The zero-order chi connectivity index (χ0) is 27.5. The fourth-order valence-corrected chi connectivity index (χ4v) is 7.28. The van der Waals surface area contributed by atoms with Gasteiger partial charge in [0.25, 0.3) is 0 Å². The fraction of sp³-hybridized carbons (Fsp3) is 0. The van der Waals surface area contributed by atoms with E-state index >= 15 is 0 Å². The number of rotatable bonds is 1. The molecule has 6 aromatic carbocycles. The molecule has 10 aromatic rings. The summed E-state index contributed by atoms with van der Waals surface area (Å²) < 4.78 is 4.68. The van der Waals surface area contributed by atoms with Gasteiger partial charge in [-0.25, -0.2) is 9.97 Å². The number of fused-ring (bicyclic) bond motifs is 13. The van der Waals surface area contributed by atoms with Gasteiger partial charge in [0.2, 0.25) is 5.82 Å². The molecule has 10 rings (SSSR count). The first kappa shape index (κ1) is 21.8. The van der Waals surface area contributed by atoms with Crippen LogP contribution in [0, 0.1) is 11.3 Å². The number of nitriles is 1. The van der Waals surface area contributed by atoms with Crippen molar-refractivity contribution < 1.29 is 0 Å². The molecule has 0 spiro atoms. The number of benzene rings is 6. The second-order valence-corrected chi connectivity index (χ2v) is 10.9. The van der Waals surface area contributed by atoms with E-state index in [1.54, 1.807) is 0 Å². The molecule has 0 N–H and O–H groups in total. The number of para-hydroxylation sites is 3. The van der Waals surface area contributed by atoms with Crippen LogP contribution in [-0.4, -0.2) is 18.9 Å². The summed E-state index contributed by atoms with van der Waals surface area (Å²) in [6.45, 7) is 0. The Hall–Kier alpha value is -5.99. The maximum Gasteiger partial charge on any atom is 0.234 e. The molecule has 0 bridgehead atoms. The van der Waals surface area contributed by atoms with E-state index in [1.165, 1.54) is 59.6 Å². The second-order valence-electron chi connectivity index (χ2n) is 10.9. The van der Waals surface area contributed by atoms with Crippen molar-refractivity contribution in [2.75, 3.05) is 0 Å². The van der Waals surface area contributed by atoms with Crippen molar-refractivity contribution >= 4 is 81.6 Å². The molecule has 5 heteroatoms. The van der Waals surface area contributed by atoms with E-state index in [1.807, 2.05) is 24.3 Å². The third kappa shape index (κ3) is 2.53. The zero-order valence-electron chi connectivity index (χ0n) is 22.2. The van der Waals surface area contributed by atoms with Crippen LogP contribution in [0.25, 0.3) is 87.4 Å². The Bertz CT molecular complexity index is 2810. The summed E-state index contributed by atoms with van der Waals surface area (Å²) >= 11 is 0. The second kappa shape index (κ2) is 7.60. The molecule has 0 aliphatic heterocycles. The quantitative estimate of drug-likeness (QED) is 0.212. The predicted octanol–water partition coefficient (Wildman–Crippen LogP) is 8.90. The van der Waals surface area contributed by atoms with E-state index in [0.29, 0.717) is 5.82 Å². The molecule has 0 saturated heterocycles. The van der Waals surface area contributed by atoms with Crippen molar-refractivity contribution in [3.05, 3.63) is 121 Å². The minimum absolute atomic E-state index is 0.159. The summed E-state index contributed by atoms with van der Waals surface area (Å²) in [7, 11) is 0. The topological polar surface area (TPSA) is 58.9 Å². The van der Waals surface area contributed by atoms with Gasteiger partial charge in [-0.1, -0.05) is 78.9 Å². The lowest BCUT2D eigenvalue weighted by Crippen LogP contribution is -2.02. The van der Waals surface area contributed by atoms with Crippen LogP contribution in [-0.2, 0) is 0 Å². The molecule has 0 aliphatic rings. The highest BCUT2D eigenvalue weighted by molar-refractivity contribution is 6.38. The van der Waals surface area contributed by atoms with E-state index in [-0.39, 0.29) is 5.82 Å². The molecule has 0 amide bonds. The highest BCUT2D eigenvalue weighted by Crippen LogP contribution is 2.48. The van der Waals surface area contributed by atoms with Crippen molar-refractivity contribution in [3.63, 3.8) is 0 Å². The van der Waals surface area contributed by atoms with Gasteiger partial charge in [0.05, 0.1) is 33.1 Å². The molecule has 0 atom stereocenters. The summed E-state index contributed by atoms with van der Waals surface area (Å²) in [6, 6.07) is 42.8. The van der Waals surface area contributed by atoms with Crippen LogP contribution in [0.5, 0.6) is 0 Å². The van der Waals surface area contributed by atoms with Gasteiger partial charge in [-0.2, -0.15) is 5.26 Å². The predicted molar refractivity (Wildman–Crippen MR) is 171 cm³/mol. The molecule has 42 heavy (non-hydrogen) atoms. The molecule has 0 fully saturated rings. The van der Waals surface area contributed by atoms with Crippen molar-refractivity contribution in [1.29, 1.82) is 5.26 Å². The molecule has 4 aromatic heterocycles. The summed E-state index contributed by atoms with van der Waals surface area (Å²) in [6.07, 6.45) is 0. The highest BCUT2D eigenvalue weighted by atomic mass is 15.1. The Labute approximate surface area is 238 Å². The van der Waals surface area contributed by atoms with Gasteiger partial charge >= 0.3 is 0 Å². The third-order valence-electron chi connectivity index (χ3n) is 8.89. The summed E-state index contributed by atoms with van der Waals surface area (Å²) in [5, 5.41) is 20.5. The van der Waals surface area contributed by atoms with E-state index in [9.17, 15) is 5.26 Å². The lowest BCUT2D eigenvalue weighted by Gasteiger charge is -2.11. The van der Waals surface area contributed by atoms with Gasteiger partial charge in [0, 0.05) is 37.7 Å². The number of aromatic nitrogens is 4. The molecule has 192 valence electrons. The molecule has 5 nitrogen and oxygen atoms in total. The number of hydrogen-bond donors (Lipinski definition) is 0. The smallest absolute Gasteiger partial charge is 0.234 e. The van der Waals surface area contributed by atoms with Crippen molar-refractivity contribution in [2.24, 2.45) is 0 Å². The molecule has 0 unspecified atom stereocenters. The maximum atomic E-state index is 9.93. The van der Waals surface area contributed by atoms with Gasteiger partial charge in [-0.05, 0) is 47.2 Å². The van der Waals surface area contributed by atoms with Gasteiger partial charge in [0.15, 0.2) is 0 Å². The summed E-state index contributed by atoms with van der Waals surface area (Å²) in [4.78, 5) is 9.41. The molecular formula is C37H19N5. The number of nitrogens with zero attached hydrogens (tertiary/aromatic N) is 5. The highest BCUT2D eigenvalue weighted by Gasteiger charge is 2.26. The Balaban J connectivity index is 1.58. The van der Waals surface area contributed by atoms with Crippen LogP contribution < -0.4 is 0 Å². The van der Waals surface area contributed by atoms with Gasteiger partial charge in [-0.15, -0.1) is 0 Å². The number of hydrogen-bond acceptors (Lipinski definition) is 3. The Kier molecular flexibility index (Phi) is 3.94. The van der Waals surface area contributed by atoms with Gasteiger partial charge < -0.3 is 4.40 Å². The standard InChI is InChI=1S/C37H19N5/c38-20-32-39-27-14-6-3-12-24(27)37(40-32)42-30-18-17-21-9-1-2-10-22(21)33(30)35-31(42)19-26-23-11-4-7-15-28(23)41-29-16-8-5-13-25(29)34(35)36(26)41/h1-19H. The first-order valence-electron chi connectivity index (χ1n) is 14.0. The van der Waals surface area contributed by atoms with Crippen LogP contribution in [0.1, 0.15) is 5.82 Å². The summed E-state index contributed by atoms with van der Waals surface area (Å²) in [5.41, 5.74) is 6.51. The third-order valence-corrected chi connectivity index (χ3v) is 8.89.